The van der Waals surface area contributed by atoms with E-state index in [1.807, 2.05) is 71.4 Å². The number of hydrogen-bond acceptors (Lipinski definition) is 7. The lowest BCUT2D eigenvalue weighted by atomic mass is 10.1. The number of nitrogens with two attached hydrogens (primary N) is 1. The summed E-state index contributed by atoms with van der Waals surface area (Å²) >= 11 is 0. The molecule has 0 radical (unpaired) electrons. The Kier molecular flexibility index (Phi) is 8.27. The zero-order chi connectivity index (χ0) is 28.1. The van der Waals surface area contributed by atoms with Gasteiger partial charge in [-0.2, -0.15) is 0 Å². The van der Waals surface area contributed by atoms with Gasteiger partial charge in [-0.15, -0.1) is 0 Å². The van der Waals surface area contributed by atoms with E-state index < -0.39 is 23.6 Å². The zero-order valence-corrected chi connectivity index (χ0v) is 22.6. The lowest BCUT2D eigenvalue weighted by Gasteiger charge is -2.28. The van der Waals surface area contributed by atoms with Gasteiger partial charge in [-0.3, -0.25) is 9.59 Å². The first-order chi connectivity index (χ1) is 19.3. The van der Waals surface area contributed by atoms with Gasteiger partial charge in [-0.1, -0.05) is 60.7 Å². The summed E-state index contributed by atoms with van der Waals surface area (Å²) in [6, 6.07) is 17.7. The van der Waals surface area contributed by atoms with Gasteiger partial charge in [0.15, 0.2) is 0 Å². The maximum Gasteiger partial charge on any atom is 0.328 e. The van der Waals surface area contributed by atoms with Crippen LogP contribution in [0, 0.1) is 0 Å². The van der Waals surface area contributed by atoms with E-state index in [2.05, 4.69) is 10.3 Å². The first kappa shape index (κ1) is 27.5. The average Bonchev–Trinajstić information content (AvgIpc) is 3.30. The number of nitrogens with one attached hydrogen (secondary N) is 1. The number of likely N-dealkylation sites (tertiary alicyclic amines) is 1. The second kappa shape index (κ2) is 12.0. The monoisotopic (exact) mass is 545 g/mol. The van der Waals surface area contributed by atoms with E-state index in [0.717, 1.165) is 16.8 Å². The predicted octanol–water partition coefficient (Wildman–Crippen LogP) is 2.48. The highest BCUT2D eigenvalue weighted by molar-refractivity contribution is 5.96. The minimum Gasteiger partial charge on any atom is -0.459 e. The number of amides is 2. The van der Waals surface area contributed by atoms with Crippen LogP contribution in [0.3, 0.4) is 0 Å². The third-order valence-corrected chi connectivity index (χ3v) is 7.52. The quantitative estimate of drug-likeness (QED) is 0.354. The highest BCUT2D eigenvalue weighted by Gasteiger charge is 2.61. The third-order valence-electron chi connectivity index (χ3n) is 7.52. The molecular formula is C30H35N5O5. The number of carbonyl (C=O) groups is 3. The molecule has 2 aliphatic rings. The summed E-state index contributed by atoms with van der Waals surface area (Å²) in [4.78, 5) is 45.0. The zero-order valence-electron chi connectivity index (χ0n) is 22.6. The highest BCUT2D eigenvalue weighted by atomic mass is 16.5. The van der Waals surface area contributed by atoms with Gasteiger partial charge >= 0.3 is 5.97 Å². The smallest absolute Gasteiger partial charge is 0.328 e. The van der Waals surface area contributed by atoms with Crippen LogP contribution in [-0.2, 0) is 43.8 Å². The lowest BCUT2D eigenvalue weighted by molar-refractivity contribution is -0.149. The normalized spacial score (nSPS) is 22.5. The maximum atomic E-state index is 13.5. The lowest BCUT2D eigenvalue weighted by Crippen LogP contribution is -2.54. The fraction of sp³-hybridized carbons (Fsp3) is 0.400. The molecule has 3 N–H and O–H groups in total. The number of imidazole rings is 1. The highest BCUT2D eigenvalue weighted by Crippen LogP contribution is 2.50. The van der Waals surface area contributed by atoms with Crippen LogP contribution >= 0.6 is 0 Å². The fourth-order valence-corrected chi connectivity index (χ4v) is 5.13. The molecule has 10 nitrogen and oxygen atoms in total. The molecule has 2 heterocycles. The molecular weight excluding hydrogens is 510 g/mol. The van der Waals surface area contributed by atoms with Crippen LogP contribution in [0.2, 0.25) is 0 Å². The Labute approximate surface area is 233 Å². The number of benzene rings is 2. The molecule has 2 fully saturated rings. The number of rotatable bonds is 11. The van der Waals surface area contributed by atoms with Crippen molar-refractivity contribution in [2.45, 2.75) is 69.7 Å². The molecule has 1 saturated carbocycles. The Morgan fingerprint density at radius 1 is 1.07 bits per heavy atom. The number of esters is 1. The summed E-state index contributed by atoms with van der Waals surface area (Å²) in [6.07, 6.45) is 5.19. The summed E-state index contributed by atoms with van der Waals surface area (Å²) in [6.45, 7) is 2.96. The summed E-state index contributed by atoms with van der Waals surface area (Å²) < 4.78 is 12.9. The number of hydrogen-bond donors (Lipinski definition) is 2. The van der Waals surface area contributed by atoms with Crippen molar-refractivity contribution < 1.29 is 23.9 Å². The van der Waals surface area contributed by atoms with Gasteiger partial charge in [0.05, 0.1) is 18.6 Å². The topological polar surface area (TPSA) is 129 Å². The van der Waals surface area contributed by atoms with Gasteiger partial charge in [0.25, 0.3) is 0 Å². The van der Waals surface area contributed by atoms with Crippen molar-refractivity contribution >= 4 is 17.8 Å². The second-order valence-electron chi connectivity index (χ2n) is 10.6. The predicted molar refractivity (Wildman–Crippen MR) is 146 cm³/mol. The second-order valence-corrected chi connectivity index (χ2v) is 10.6. The van der Waals surface area contributed by atoms with E-state index in [4.69, 9.17) is 15.2 Å². The van der Waals surface area contributed by atoms with Crippen LogP contribution in [0.1, 0.15) is 48.9 Å². The number of carbonyl (C=O) groups excluding carboxylic acids is 3. The van der Waals surface area contributed by atoms with E-state index in [1.165, 1.54) is 0 Å². The van der Waals surface area contributed by atoms with Crippen molar-refractivity contribution in [3.8, 4) is 0 Å². The Hall–Kier alpha value is -4.02. The molecule has 2 aromatic carbocycles. The number of nitrogens with zero attached hydrogens (tertiary/aromatic N) is 3. The molecule has 40 heavy (non-hydrogen) atoms. The van der Waals surface area contributed by atoms with Gasteiger partial charge in [0.2, 0.25) is 11.8 Å². The summed E-state index contributed by atoms with van der Waals surface area (Å²) in [5.74, 6) is -1.40. The molecule has 2 amide bonds. The van der Waals surface area contributed by atoms with Crippen molar-refractivity contribution in [1.82, 2.24) is 19.8 Å². The standard InChI is InChI=1S/C30H35N5O5/c1-21(28(37)40-18-23-11-6-3-7-12-23)33-27(36)26-13-8-14-35(26)29(38)30(31)15-24(30)25-16-34(19-32-25)20-39-17-22-9-4-2-5-10-22/h2-7,9-12,16,19,21,24,26H,8,13-15,17-18,20,31H2,1H3,(H,33,36)/t21-,24+,26+,30-/m1/s1. The van der Waals surface area contributed by atoms with Crippen LogP contribution < -0.4 is 11.1 Å². The molecule has 1 aliphatic heterocycles. The largest absolute Gasteiger partial charge is 0.459 e. The molecule has 0 bridgehead atoms. The van der Waals surface area contributed by atoms with E-state index in [0.29, 0.717) is 39.1 Å². The van der Waals surface area contributed by atoms with Crippen molar-refractivity contribution in [1.29, 1.82) is 0 Å². The van der Waals surface area contributed by atoms with E-state index in [9.17, 15) is 14.4 Å². The molecule has 0 spiro atoms. The summed E-state index contributed by atoms with van der Waals surface area (Å²) in [7, 11) is 0. The molecule has 1 saturated heterocycles. The molecule has 10 heteroatoms. The Balaban J connectivity index is 1.12. The fourth-order valence-electron chi connectivity index (χ4n) is 5.13. The number of ether oxygens (including phenoxy) is 2. The van der Waals surface area contributed by atoms with Gasteiger partial charge in [-0.25, -0.2) is 9.78 Å². The Bertz CT molecular complexity index is 1330. The first-order valence-electron chi connectivity index (χ1n) is 13.6. The average molecular weight is 546 g/mol. The molecule has 4 atom stereocenters. The molecule has 5 rings (SSSR count). The summed E-state index contributed by atoms with van der Waals surface area (Å²) in [5.41, 5.74) is 8.13. The van der Waals surface area contributed by atoms with Crippen LogP contribution in [0.15, 0.2) is 73.2 Å². The van der Waals surface area contributed by atoms with Gasteiger partial charge < -0.3 is 30.0 Å². The van der Waals surface area contributed by atoms with Gasteiger partial charge in [0, 0.05) is 18.7 Å². The van der Waals surface area contributed by atoms with Gasteiger partial charge in [-0.05, 0) is 37.3 Å². The van der Waals surface area contributed by atoms with E-state index >= 15 is 0 Å². The van der Waals surface area contributed by atoms with Crippen molar-refractivity contribution in [3.05, 3.63) is 90.0 Å². The Morgan fingerprint density at radius 2 is 1.75 bits per heavy atom. The van der Waals surface area contributed by atoms with Crippen LogP contribution in [-0.4, -0.2) is 56.4 Å². The van der Waals surface area contributed by atoms with Crippen LogP contribution in [0.4, 0.5) is 0 Å². The maximum absolute atomic E-state index is 13.5. The molecule has 1 aliphatic carbocycles. The van der Waals surface area contributed by atoms with E-state index in [-0.39, 0.29) is 24.3 Å². The summed E-state index contributed by atoms with van der Waals surface area (Å²) in [5, 5.41) is 2.71. The van der Waals surface area contributed by atoms with Crippen LogP contribution in [0.25, 0.3) is 0 Å². The SMILES string of the molecule is C[C@@H](NC(=O)[C@@H]1CCCN1C(=O)[C@@]1(N)C[C@H]1c1cn(COCc2ccccc2)cn1)C(=O)OCc1ccccc1. The first-order valence-corrected chi connectivity index (χ1v) is 13.6. The third kappa shape index (κ3) is 6.24. The van der Waals surface area contributed by atoms with Gasteiger partial charge in [0.1, 0.15) is 31.0 Å². The van der Waals surface area contributed by atoms with Crippen LogP contribution in [0.5, 0.6) is 0 Å². The molecule has 0 unspecified atom stereocenters. The molecule has 1 aromatic heterocycles. The Morgan fingerprint density at radius 3 is 2.45 bits per heavy atom. The number of aromatic nitrogens is 2. The minimum absolute atomic E-state index is 0.125. The minimum atomic E-state index is -1.10. The van der Waals surface area contributed by atoms with Crippen molar-refractivity contribution in [2.24, 2.45) is 5.73 Å². The molecule has 3 aromatic rings. The van der Waals surface area contributed by atoms with Crippen molar-refractivity contribution in [3.63, 3.8) is 0 Å². The van der Waals surface area contributed by atoms with E-state index in [1.54, 1.807) is 18.2 Å². The molecule has 210 valence electrons. The van der Waals surface area contributed by atoms with Crippen molar-refractivity contribution in [2.75, 3.05) is 6.54 Å².